The summed E-state index contributed by atoms with van der Waals surface area (Å²) in [5, 5.41) is 16.3. The number of rotatable bonds is 0. The molecule has 0 spiro atoms. The van der Waals surface area contributed by atoms with Gasteiger partial charge in [0.1, 0.15) is 0 Å². The number of hydrogen-bond donors (Lipinski definition) is 4. The van der Waals surface area contributed by atoms with Gasteiger partial charge in [-0.25, -0.2) is 23.3 Å². The molecule has 58 heavy (non-hydrogen) atoms. The molecule has 6 rings (SSSR count). The third kappa shape index (κ3) is 40.1. The molecule has 0 saturated carbocycles. The van der Waals surface area contributed by atoms with Gasteiger partial charge in [-0.05, 0) is 67.2 Å². The first-order chi connectivity index (χ1) is 25.6. The number of allylic oxidation sites excluding steroid dienone is 8. The third-order valence-electron chi connectivity index (χ3n) is 6.92. The predicted molar refractivity (Wildman–Crippen MR) is 265 cm³/mol. The molecule has 0 atom stereocenters. The van der Waals surface area contributed by atoms with Gasteiger partial charge in [0.05, 0.1) is 0 Å². The monoisotopic (exact) mass is 976 g/mol. The summed E-state index contributed by atoms with van der Waals surface area (Å²) in [4.78, 5) is 0. The fourth-order valence-corrected chi connectivity index (χ4v) is 4.30. The zero-order chi connectivity index (χ0) is 42.6. The topological polar surface area (TPSA) is 48.1 Å². The van der Waals surface area contributed by atoms with Crippen molar-refractivity contribution in [1.82, 2.24) is 21.3 Å². The van der Waals surface area contributed by atoms with E-state index in [1.807, 2.05) is 56.4 Å². The van der Waals surface area contributed by atoms with Crippen molar-refractivity contribution in [3.8, 4) is 0 Å². The molecular formula is C50H84N4Si2Zr2-8. The first-order valence-electron chi connectivity index (χ1n) is 18.2. The van der Waals surface area contributed by atoms with Crippen LogP contribution in [0.3, 0.4) is 0 Å². The average Bonchev–Trinajstić information content (AvgIpc) is 3.96. The molecule has 328 valence electrons. The molecule has 4 aromatic rings. The van der Waals surface area contributed by atoms with E-state index in [1.54, 1.807) is 0 Å². The van der Waals surface area contributed by atoms with Gasteiger partial charge in [-0.3, -0.25) is 12.2 Å². The summed E-state index contributed by atoms with van der Waals surface area (Å²) in [5.74, 6) is 0. The molecule has 0 aliphatic heterocycles. The number of nitrogens with one attached hydrogen (secondary N) is 4. The van der Waals surface area contributed by atoms with Crippen molar-refractivity contribution in [3.63, 3.8) is 0 Å². The van der Waals surface area contributed by atoms with Crippen molar-refractivity contribution >= 4 is 35.3 Å². The Morgan fingerprint density at radius 2 is 0.724 bits per heavy atom. The summed E-state index contributed by atoms with van der Waals surface area (Å²) in [5.41, 5.74) is 6.28. The molecule has 4 radical (unpaired) electrons. The fourth-order valence-electron chi connectivity index (χ4n) is 4.30. The van der Waals surface area contributed by atoms with Crippen LogP contribution in [-0.2, 0) is 46.7 Å². The normalized spacial score (nSPS) is 11.0. The van der Waals surface area contributed by atoms with Crippen LogP contribution in [0.5, 0.6) is 0 Å². The van der Waals surface area contributed by atoms with Crippen LogP contribution < -0.4 is 21.3 Å². The van der Waals surface area contributed by atoms with Crippen molar-refractivity contribution in [2.75, 3.05) is 56.4 Å². The van der Waals surface area contributed by atoms with Crippen LogP contribution in [0.25, 0.3) is 21.5 Å². The molecular weight excluding hydrogens is 895 g/mol. The molecule has 0 saturated heterocycles. The second kappa shape index (κ2) is 48.3. The Morgan fingerprint density at radius 1 is 0.483 bits per heavy atom. The Kier molecular flexibility index (Phi) is 61.8. The van der Waals surface area contributed by atoms with E-state index in [9.17, 15) is 0 Å². The second-order valence-electron chi connectivity index (χ2n) is 14.2. The molecule has 0 bridgehead atoms. The number of fused-ring (bicyclic) bond motifs is 2. The van der Waals surface area contributed by atoms with E-state index in [2.05, 4.69) is 200 Å². The standard InChI is InChI=1S/2C10H15.2C9H7.4C2H7N.4CH3.2Si.2Zr/c2*1-8-5-6-9(7-8)10(2,3)4;2*1-2-5-9-7-3-6-8(9)4-1;4*1-3-2;;;;;;;;/h2*7H,6H2,1-4H3;2*1-7H;4*3H,1-2H3;4*1H3;;;;/q4*-1;;;;;4*-1;;;;. The quantitative estimate of drug-likeness (QED) is 0.105. The van der Waals surface area contributed by atoms with Crippen molar-refractivity contribution in [1.29, 1.82) is 0 Å². The van der Waals surface area contributed by atoms with Gasteiger partial charge in [0.2, 0.25) is 0 Å². The van der Waals surface area contributed by atoms with Gasteiger partial charge >= 0.3 is 60.4 Å². The van der Waals surface area contributed by atoms with E-state index in [0.717, 1.165) is 12.8 Å². The summed E-state index contributed by atoms with van der Waals surface area (Å²) in [6, 6.07) is 29.3. The molecule has 2 aliphatic carbocycles. The third-order valence-corrected chi connectivity index (χ3v) is 6.92. The van der Waals surface area contributed by atoms with Crippen LogP contribution in [0.1, 0.15) is 68.2 Å². The fraction of sp³-hybridized carbons (Fsp3) is 0.400. The van der Waals surface area contributed by atoms with Crippen molar-refractivity contribution in [2.45, 2.75) is 68.2 Å². The zero-order valence-electron chi connectivity index (χ0n) is 40.7. The maximum atomic E-state index is 3.30. The summed E-state index contributed by atoms with van der Waals surface area (Å²) >= 11 is 2.71. The van der Waals surface area contributed by atoms with Gasteiger partial charge in [0.15, 0.2) is 0 Å². The summed E-state index contributed by atoms with van der Waals surface area (Å²) < 4.78 is 0. The van der Waals surface area contributed by atoms with Gasteiger partial charge in [-0.15, -0.1) is 72.1 Å². The van der Waals surface area contributed by atoms with Crippen molar-refractivity contribution in [3.05, 3.63) is 161 Å². The maximum Gasteiger partial charge on any atom is -0.0809 e. The van der Waals surface area contributed by atoms with Gasteiger partial charge in [0.25, 0.3) is 0 Å². The molecule has 2 aliphatic rings. The molecule has 4 nitrogen and oxygen atoms in total. The van der Waals surface area contributed by atoms with Crippen LogP contribution in [0, 0.1) is 52.7 Å². The SMILES string of the molecule is CC1=[C-]CC(C(C)(C)C)=C1.CC1=[C-]CC(C(C)(C)C)=C1.CNC.CNC.CNC.CNC.[CH3-].[CH3-].[CH3-].[CH3-].[Si]=[Zr].[Si]=[Zr].c1ccc2[cH-]ccc2c1.c1ccc2[cH-]ccc2c1. The van der Waals surface area contributed by atoms with Crippen molar-refractivity contribution < 1.29 is 46.7 Å². The summed E-state index contributed by atoms with van der Waals surface area (Å²) in [7, 11) is 15.0. The van der Waals surface area contributed by atoms with E-state index in [0.29, 0.717) is 10.8 Å². The molecule has 0 aromatic heterocycles. The zero-order valence-corrected chi connectivity index (χ0v) is 47.6. The van der Waals surface area contributed by atoms with Crippen molar-refractivity contribution in [2.24, 2.45) is 10.8 Å². The van der Waals surface area contributed by atoms with E-state index in [-0.39, 0.29) is 29.7 Å². The van der Waals surface area contributed by atoms with Crippen LogP contribution in [-0.4, -0.2) is 70.1 Å². The smallest absolute Gasteiger partial charge is 0.0809 e. The first kappa shape index (κ1) is 74.1. The Hall–Kier alpha value is -1.34. The number of benzene rings is 2. The molecule has 0 fully saturated rings. The Labute approximate surface area is 396 Å². The van der Waals surface area contributed by atoms with Crippen LogP contribution >= 0.6 is 0 Å². The van der Waals surface area contributed by atoms with Gasteiger partial charge < -0.3 is 51.0 Å². The molecule has 0 unspecified atom stereocenters. The predicted octanol–water partition coefficient (Wildman–Crippen LogP) is 11.7. The Bertz CT molecular complexity index is 1390. The molecule has 4 N–H and O–H groups in total. The van der Waals surface area contributed by atoms with E-state index < -0.39 is 0 Å². The summed E-state index contributed by atoms with van der Waals surface area (Å²) in [6.45, 7) is 23.8. The molecule has 8 heteroatoms. The molecule has 4 aromatic carbocycles. The Morgan fingerprint density at radius 3 is 0.897 bits per heavy atom. The van der Waals surface area contributed by atoms with Gasteiger partial charge in [0, 0.05) is 0 Å². The van der Waals surface area contributed by atoms with Crippen LogP contribution in [0.4, 0.5) is 0 Å². The van der Waals surface area contributed by atoms with Gasteiger partial charge in [-0.2, -0.15) is 46.2 Å². The van der Waals surface area contributed by atoms with Crippen LogP contribution in [0.15, 0.2) is 119 Å². The summed E-state index contributed by atoms with van der Waals surface area (Å²) in [6.07, 6.45) is 13.2. The molecule has 0 amide bonds. The minimum atomic E-state index is 0. The van der Waals surface area contributed by atoms with Gasteiger partial charge in [-0.1, -0.05) is 67.5 Å². The Balaban J connectivity index is -0.0000000838. The molecule has 0 heterocycles. The average molecular weight is 980 g/mol. The largest absolute Gasteiger partial charge is 0.168 e. The first-order valence-corrected chi connectivity index (χ1v) is 26.6. The van der Waals surface area contributed by atoms with Crippen LogP contribution in [0.2, 0.25) is 0 Å². The second-order valence-corrected chi connectivity index (χ2v) is 14.2. The van der Waals surface area contributed by atoms with E-state index >= 15 is 0 Å². The minimum absolute atomic E-state index is 0. The minimum Gasteiger partial charge on any atom is -0.168 e. The number of hydrogen-bond acceptors (Lipinski definition) is 4. The van der Waals surface area contributed by atoms with E-state index in [4.69, 9.17) is 0 Å². The maximum absolute atomic E-state index is 3.30. The van der Waals surface area contributed by atoms with E-state index in [1.165, 1.54) is 90.5 Å².